The van der Waals surface area contributed by atoms with Gasteiger partial charge in [-0.3, -0.25) is 9.69 Å². The zero-order chi connectivity index (χ0) is 12.3. The fourth-order valence-electron chi connectivity index (χ4n) is 2.00. The molecule has 0 atom stereocenters. The maximum absolute atomic E-state index is 12.1. The van der Waals surface area contributed by atoms with Gasteiger partial charge in [0.1, 0.15) is 0 Å². The molecule has 1 aromatic carbocycles. The van der Waals surface area contributed by atoms with E-state index in [0.29, 0.717) is 6.54 Å². The van der Waals surface area contributed by atoms with Crippen molar-refractivity contribution in [1.82, 2.24) is 4.90 Å². The van der Waals surface area contributed by atoms with Gasteiger partial charge in [-0.15, -0.1) is 0 Å². The molecule has 0 spiro atoms. The highest BCUT2D eigenvalue weighted by Crippen LogP contribution is 2.29. The van der Waals surface area contributed by atoms with Crippen LogP contribution in [0.2, 0.25) is 0 Å². The first kappa shape index (κ1) is 12.3. The first-order valence-corrected chi connectivity index (χ1v) is 6.51. The van der Waals surface area contributed by atoms with E-state index in [0.717, 1.165) is 24.6 Å². The number of likely N-dealkylation sites (N-methyl/N-ethyl adjacent to an activating group) is 1. The minimum absolute atomic E-state index is 0.243. The number of nitrogens with zero attached hydrogens (tertiary/aromatic N) is 1. The van der Waals surface area contributed by atoms with Crippen LogP contribution in [0.1, 0.15) is 35.7 Å². The number of hydrogen-bond donors (Lipinski definition) is 0. The number of aryl methyl sites for hydroxylation is 1. The number of carbonyl (C=O) groups excluding carboxylic acids is 1. The lowest BCUT2D eigenvalue weighted by Crippen LogP contribution is -2.31. The van der Waals surface area contributed by atoms with E-state index in [1.807, 2.05) is 31.2 Å². The monoisotopic (exact) mass is 231 g/mol. The standard InChI is InChI=1S/C15H21NO/c1-3-16(10-13-6-7-13)11-15(17)14-8-4-12(2)5-9-14/h4-5,8-9,13H,3,6-7,10-11H2,1-2H3. The van der Waals surface area contributed by atoms with Crippen LogP contribution in [0, 0.1) is 12.8 Å². The molecule has 2 heteroatoms. The molecule has 0 amide bonds. The highest BCUT2D eigenvalue weighted by Gasteiger charge is 2.24. The van der Waals surface area contributed by atoms with E-state index in [1.165, 1.54) is 18.4 Å². The lowest BCUT2D eigenvalue weighted by Gasteiger charge is -2.19. The molecule has 0 heterocycles. The molecule has 1 aliphatic carbocycles. The number of ketones is 1. The third-order valence-electron chi connectivity index (χ3n) is 3.40. The van der Waals surface area contributed by atoms with E-state index in [9.17, 15) is 4.79 Å². The molecule has 2 rings (SSSR count). The second kappa shape index (κ2) is 5.46. The molecule has 0 N–H and O–H groups in total. The lowest BCUT2D eigenvalue weighted by molar-refractivity contribution is 0.0931. The van der Waals surface area contributed by atoms with Crippen molar-refractivity contribution >= 4 is 5.78 Å². The first-order valence-electron chi connectivity index (χ1n) is 6.51. The van der Waals surface area contributed by atoms with Gasteiger partial charge in [-0.05, 0) is 32.2 Å². The van der Waals surface area contributed by atoms with Gasteiger partial charge in [0.15, 0.2) is 5.78 Å². The molecule has 1 saturated carbocycles. The zero-order valence-electron chi connectivity index (χ0n) is 10.8. The molecule has 0 radical (unpaired) electrons. The Morgan fingerprint density at radius 1 is 1.29 bits per heavy atom. The molecule has 92 valence electrons. The normalized spacial score (nSPS) is 15.2. The average molecular weight is 231 g/mol. The van der Waals surface area contributed by atoms with Crippen LogP contribution in [0.3, 0.4) is 0 Å². The third kappa shape index (κ3) is 3.67. The Kier molecular flexibility index (Phi) is 3.95. The van der Waals surface area contributed by atoms with Crippen molar-refractivity contribution in [3.63, 3.8) is 0 Å². The Balaban J connectivity index is 1.92. The van der Waals surface area contributed by atoms with E-state index >= 15 is 0 Å². The van der Waals surface area contributed by atoms with Gasteiger partial charge in [0, 0.05) is 12.1 Å². The molecule has 17 heavy (non-hydrogen) atoms. The van der Waals surface area contributed by atoms with Crippen molar-refractivity contribution in [2.75, 3.05) is 19.6 Å². The van der Waals surface area contributed by atoms with E-state index in [2.05, 4.69) is 11.8 Å². The van der Waals surface area contributed by atoms with Crippen molar-refractivity contribution in [2.45, 2.75) is 26.7 Å². The summed E-state index contributed by atoms with van der Waals surface area (Å²) in [4.78, 5) is 14.3. The molecule has 0 aromatic heterocycles. The van der Waals surface area contributed by atoms with Gasteiger partial charge in [-0.2, -0.15) is 0 Å². The van der Waals surface area contributed by atoms with E-state index < -0.39 is 0 Å². The summed E-state index contributed by atoms with van der Waals surface area (Å²) in [6, 6.07) is 7.88. The molecule has 1 fully saturated rings. The molecule has 2 nitrogen and oxygen atoms in total. The predicted molar refractivity (Wildman–Crippen MR) is 70.3 cm³/mol. The van der Waals surface area contributed by atoms with Crippen molar-refractivity contribution in [1.29, 1.82) is 0 Å². The van der Waals surface area contributed by atoms with Crippen LogP contribution in [0.15, 0.2) is 24.3 Å². The van der Waals surface area contributed by atoms with Crippen LogP contribution >= 0.6 is 0 Å². The Morgan fingerprint density at radius 2 is 1.94 bits per heavy atom. The van der Waals surface area contributed by atoms with Crippen molar-refractivity contribution < 1.29 is 4.79 Å². The van der Waals surface area contributed by atoms with Crippen molar-refractivity contribution in [2.24, 2.45) is 5.92 Å². The summed E-state index contributed by atoms with van der Waals surface area (Å²) in [5.41, 5.74) is 2.04. The summed E-state index contributed by atoms with van der Waals surface area (Å²) in [6.45, 7) is 6.79. The van der Waals surface area contributed by atoms with Crippen LogP contribution in [0.4, 0.5) is 0 Å². The maximum atomic E-state index is 12.1. The SMILES string of the molecule is CCN(CC(=O)c1ccc(C)cc1)CC1CC1. The van der Waals surface area contributed by atoms with Crippen LogP contribution in [0.5, 0.6) is 0 Å². The Labute approximate surface area is 104 Å². The van der Waals surface area contributed by atoms with Crippen LogP contribution < -0.4 is 0 Å². The smallest absolute Gasteiger partial charge is 0.176 e. The molecule has 0 bridgehead atoms. The highest BCUT2D eigenvalue weighted by molar-refractivity contribution is 5.97. The lowest BCUT2D eigenvalue weighted by atomic mass is 10.1. The second-order valence-electron chi connectivity index (χ2n) is 5.06. The molecule has 1 aromatic rings. The summed E-state index contributed by atoms with van der Waals surface area (Å²) >= 11 is 0. The number of carbonyl (C=O) groups is 1. The van der Waals surface area contributed by atoms with Crippen LogP contribution in [0.25, 0.3) is 0 Å². The van der Waals surface area contributed by atoms with E-state index in [4.69, 9.17) is 0 Å². The summed E-state index contributed by atoms with van der Waals surface area (Å²) in [5, 5.41) is 0. The average Bonchev–Trinajstić information content (AvgIpc) is 3.13. The van der Waals surface area contributed by atoms with Crippen LogP contribution in [-0.4, -0.2) is 30.3 Å². The first-order chi connectivity index (χ1) is 8.19. The van der Waals surface area contributed by atoms with Gasteiger partial charge in [0.05, 0.1) is 6.54 Å². The van der Waals surface area contributed by atoms with Gasteiger partial charge in [0.25, 0.3) is 0 Å². The summed E-state index contributed by atoms with van der Waals surface area (Å²) in [6.07, 6.45) is 2.68. The van der Waals surface area contributed by atoms with Gasteiger partial charge < -0.3 is 0 Å². The van der Waals surface area contributed by atoms with Crippen molar-refractivity contribution in [3.05, 3.63) is 35.4 Å². The number of benzene rings is 1. The number of rotatable bonds is 6. The van der Waals surface area contributed by atoms with Gasteiger partial charge >= 0.3 is 0 Å². The van der Waals surface area contributed by atoms with Crippen molar-refractivity contribution in [3.8, 4) is 0 Å². The minimum atomic E-state index is 0.243. The Bertz CT molecular complexity index is 378. The quantitative estimate of drug-likeness (QED) is 0.702. The van der Waals surface area contributed by atoms with E-state index in [-0.39, 0.29) is 5.78 Å². The fourth-order valence-corrected chi connectivity index (χ4v) is 2.00. The Morgan fingerprint density at radius 3 is 2.47 bits per heavy atom. The molecule has 0 saturated heterocycles. The molecule has 0 unspecified atom stereocenters. The molecule has 1 aliphatic rings. The Hall–Kier alpha value is -1.15. The molecule has 0 aliphatic heterocycles. The fraction of sp³-hybridized carbons (Fsp3) is 0.533. The minimum Gasteiger partial charge on any atom is -0.296 e. The van der Waals surface area contributed by atoms with Gasteiger partial charge in [-0.1, -0.05) is 36.8 Å². The maximum Gasteiger partial charge on any atom is 0.176 e. The summed E-state index contributed by atoms with van der Waals surface area (Å²) in [5.74, 6) is 1.09. The number of Topliss-reactive ketones (excluding diaryl/α,β-unsaturated/α-hetero) is 1. The third-order valence-corrected chi connectivity index (χ3v) is 3.40. The topological polar surface area (TPSA) is 20.3 Å². The molecular formula is C15H21NO. The number of hydrogen-bond acceptors (Lipinski definition) is 2. The summed E-state index contributed by atoms with van der Waals surface area (Å²) in [7, 11) is 0. The largest absolute Gasteiger partial charge is 0.296 e. The van der Waals surface area contributed by atoms with Crippen LogP contribution in [-0.2, 0) is 0 Å². The second-order valence-corrected chi connectivity index (χ2v) is 5.06. The van der Waals surface area contributed by atoms with Gasteiger partial charge in [-0.25, -0.2) is 0 Å². The van der Waals surface area contributed by atoms with Gasteiger partial charge in [0.2, 0.25) is 0 Å². The summed E-state index contributed by atoms with van der Waals surface area (Å²) < 4.78 is 0. The predicted octanol–water partition coefficient (Wildman–Crippen LogP) is 2.91. The van der Waals surface area contributed by atoms with E-state index in [1.54, 1.807) is 0 Å². The zero-order valence-corrected chi connectivity index (χ0v) is 10.8. The highest BCUT2D eigenvalue weighted by atomic mass is 16.1. The molecular weight excluding hydrogens is 210 g/mol.